The second-order valence-electron chi connectivity index (χ2n) is 6.19. The van der Waals surface area contributed by atoms with E-state index in [4.69, 9.17) is 4.74 Å². The van der Waals surface area contributed by atoms with Gasteiger partial charge in [0.05, 0.1) is 23.2 Å². The summed E-state index contributed by atoms with van der Waals surface area (Å²) >= 11 is 0. The van der Waals surface area contributed by atoms with E-state index in [9.17, 15) is 4.79 Å². The first-order valence-electron chi connectivity index (χ1n) is 8.06. The lowest BCUT2D eigenvalue weighted by molar-refractivity contribution is -0.122. The van der Waals surface area contributed by atoms with Gasteiger partial charge < -0.3 is 20.4 Å². The van der Waals surface area contributed by atoms with E-state index >= 15 is 0 Å². The van der Waals surface area contributed by atoms with E-state index in [0.29, 0.717) is 12.8 Å². The molecule has 124 valence electrons. The number of methoxy groups -OCH3 is 1. The third-order valence-electron chi connectivity index (χ3n) is 4.62. The fourth-order valence-corrected chi connectivity index (χ4v) is 3.04. The predicted molar refractivity (Wildman–Crippen MR) is 89.5 cm³/mol. The van der Waals surface area contributed by atoms with Gasteiger partial charge in [0.25, 0.3) is 0 Å². The van der Waals surface area contributed by atoms with Crippen molar-refractivity contribution in [3.8, 4) is 0 Å². The van der Waals surface area contributed by atoms with Crippen LogP contribution in [0, 0.1) is 13.8 Å². The minimum Gasteiger partial charge on any atom is -0.378 e. The number of ether oxygens (including phenoxy) is 1. The van der Waals surface area contributed by atoms with Gasteiger partial charge in [-0.3, -0.25) is 4.79 Å². The molecule has 2 aromatic rings. The number of fused-ring (bicyclic) bond motifs is 1. The quantitative estimate of drug-likeness (QED) is 0.775. The molecule has 0 bridgehead atoms. The van der Waals surface area contributed by atoms with E-state index < -0.39 is 0 Å². The van der Waals surface area contributed by atoms with Crippen LogP contribution >= 0.6 is 0 Å². The summed E-state index contributed by atoms with van der Waals surface area (Å²) in [7, 11) is 1.68. The van der Waals surface area contributed by atoms with Gasteiger partial charge in [0.2, 0.25) is 5.91 Å². The molecule has 0 radical (unpaired) electrons. The monoisotopic (exact) mass is 316 g/mol. The maximum Gasteiger partial charge on any atom is 0.220 e. The Kier molecular flexibility index (Phi) is 4.63. The molecule has 23 heavy (non-hydrogen) atoms. The van der Waals surface area contributed by atoms with Gasteiger partial charge in [-0.1, -0.05) is 6.07 Å². The fraction of sp³-hybridized carbons (Fsp3) is 0.529. The molecule has 3 N–H and O–H groups in total. The molecule has 1 amide bonds. The average molecular weight is 316 g/mol. The van der Waals surface area contributed by atoms with Crippen molar-refractivity contribution >= 4 is 16.9 Å². The summed E-state index contributed by atoms with van der Waals surface area (Å²) in [6.07, 6.45) is 1.08. The zero-order valence-electron chi connectivity index (χ0n) is 13.9. The molecule has 0 unspecified atom stereocenters. The Bertz CT molecular complexity index is 710. The van der Waals surface area contributed by atoms with Crippen LogP contribution < -0.4 is 10.6 Å². The van der Waals surface area contributed by atoms with E-state index in [1.54, 1.807) is 7.11 Å². The molecule has 1 aromatic heterocycles. The molecule has 1 aliphatic heterocycles. The number of carbonyl (C=O) groups excluding carboxylic acids is 1. The Labute approximate surface area is 136 Å². The molecule has 2 heterocycles. The molecule has 2 atom stereocenters. The Morgan fingerprint density at radius 1 is 1.39 bits per heavy atom. The number of H-pyrrole nitrogens is 1. The largest absolute Gasteiger partial charge is 0.378 e. The first-order chi connectivity index (χ1) is 11.1. The number of nitrogens with zero attached hydrogens (tertiary/aromatic N) is 1. The zero-order chi connectivity index (χ0) is 16.4. The molecule has 1 saturated heterocycles. The molecule has 3 rings (SSSR count). The summed E-state index contributed by atoms with van der Waals surface area (Å²) in [4.78, 5) is 20.1. The van der Waals surface area contributed by atoms with Gasteiger partial charge >= 0.3 is 0 Å². The fourth-order valence-electron chi connectivity index (χ4n) is 3.04. The molecular formula is C17H24N4O2. The van der Waals surface area contributed by atoms with E-state index in [1.165, 1.54) is 11.1 Å². The molecule has 0 saturated carbocycles. The molecule has 0 spiro atoms. The normalized spacial score (nSPS) is 21.0. The van der Waals surface area contributed by atoms with Crippen molar-refractivity contribution in [1.82, 2.24) is 20.6 Å². The number of aromatic amines is 1. The number of aryl methyl sites for hydroxylation is 3. The van der Waals surface area contributed by atoms with Crippen molar-refractivity contribution in [1.29, 1.82) is 0 Å². The van der Waals surface area contributed by atoms with Crippen LogP contribution in [-0.4, -0.2) is 48.2 Å². The number of hydrogen-bond donors (Lipinski definition) is 3. The van der Waals surface area contributed by atoms with Crippen molar-refractivity contribution in [2.75, 3.05) is 20.2 Å². The summed E-state index contributed by atoms with van der Waals surface area (Å²) in [6.45, 7) is 5.70. The van der Waals surface area contributed by atoms with Gasteiger partial charge in [0.1, 0.15) is 5.82 Å². The van der Waals surface area contributed by atoms with Crippen molar-refractivity contribution in [2.45, 2.75) is 38.8 Å². The van der Waals surface area contributed by atoms with Crippen LogP contribution in [0.15, 0.2) is 12.1 Å². The lowest BCUT2D eigenvalue weighted by Crippen LogP contribution is -2.43. The minimum atomic E-state index is 0.0362. The van der Waals surface area contributed by atoms with Gasteiger partial charge in [-0.25, -0.2) is 4.98 Å². The average Bonchev–Trinajstić information content (AvgIpc) is 3.15. The van der Waals surface area contributed by atoms with Crippen LogP contribution in [0.5, 0.6) is 0 Å². The van der Waals surface area contributed by atoms with Gasteiger partial charge in [-0.15, -0.1) is 0 Å². The van der Waals surface area contributed by atoms with E-state index in [-0.39, 0.29) is 18.1 Å². The van der Waals surface area contributed by atoms with Crippen LogP contribution in [0.4, 0.5) is 0 Å². The topological polar surface area (TPSA) is 79.0 Å². The predicted octanol–water partition coefficient (Wildman–Crippen LogP) is 1.22. The second kappa shape index (κ2) is 6.68. The zero-order valence-corrected chi connectivity index (χ0v) is 13.9. The second-order valence-corrected chi connectivity index (χ2v) is 6.19. The Balaban J connectivity index is 1.60. The highest BCUT2D eigenvalue weighted by Crippen LogP contribution is 2.19. The molecule has 1 fully saturated rings. The third kappa shape index (κ3) is 3.38. The highest BCUT2D eigenvalue weighted by Gasteiger charge is 2.27. The minimum absolute atomic E-state index is 0.0362. The first kappa shape index (κ1) is 16.0. The summed E-state index contributed by atoms with van der Waals surface area (Å²) in [5, 5.41) is 6.26. The Morgan fingerprint density at radius 3 is 3.00 bits per heavy atom. The number of rotatable bonds is 5. The number of carbonyl (C=O) groups is 1. The highest BCUT2D eigenvalue weighted by molar-refractivity contribution is 5.80. The number of aromatic nitrogens is 2. The van der Waals surface area contributed by atoms with Crippen molar-refractivity contribution in [3.63, 3.8) is 0 Å². The Hall–Kier alpha value is -1.92. The standard InChI is InChI=1S/C17H24N4O2/c1-10-4-5-12-17(11(10)2)21-15(19-12)6-7-16(22)20-13-8-18-9-14(13)23-3/h4-5,13-14,18H,6-9H2,1-3H3,(H,19,21)(H,20,22)/t13-,14-/m0/s1. The van der Waals surface area contributed by atoms with E-state index in [0.717, 1.165) is 29.9 Å². The SMILES string of the molecule is CO[C@H]1CNC[C@@H]1NC(=O)CCc1nc2c(C)c(C)ccc2[nH]1. The smallest absolute Gasteiger partial charge is 0.220 e. The van der Waals surface area contributed by atoms with Crippen LogP contribution in [0.3, 0.4) is 0 Å². The Morgan fingerprint density at radius 2 is 2.22 bits per heavy atom. The summed E-state index contributed by atoms with van der Waals surface area (Å²) in [5.74, 6) is 0.894. The number of imidazole rings is 1. The first-order valence-corrected chi connectivity index (χ1v) is 8.06. The molecule has 0 aliphatic carbocycles. The molecule has 6 nitrogen and oxygen atoms in total. The van der Waals surface area contributed by atoms with Crippen LogP contribution in [-0.2, 0) is 16.0 Å². The lowest BCUT2D eigenvalue weighted by atomic mass is 10.1. The van der Waals surface area contributed by atoms with E-state index in [2.05, 4.69) is 40.5 Å². The number of hydrogen-bond acceptors (Lipinski definition) is 4. The molecular weight excluding hydrogens is 292 g/mol. The summed E-state index contributed by atoms with van der Waals surface area (Å²) < 4.78 is 5.36. The van der Waals surface area contributed by atoms with Gasteiger partial charge in [0.15, 0.2) is 0 Å². The molecule has 1 aromatic carbocycles. The van der Waals surface area contributed by atoms with Crippen molar-refractivity contribution < 1.29 is 9.53 Å². The van der Waals surface area contributed by atoms with Crippen molar-refractivity contribution in [2.24, 2.45) is 0 Å². The van der Waals surface area contributed by atoms with Gasteiger partial charge in [-0.2, -0.15) is 0 Å². The summed E-state index contributed by atoms with van der Waals surface area (Å²) in [6, 6.07) is 4.18. The maximum atomic E-state index is 12.1. The third-order valence-corrected chi connectivity index (χ3v) is 4.62. The molecule has 6 heteroatoms. The van der Waals surface area contributed by atoms with Gasteiger partial charge in [0, 0.05) is 33.0 Å². The van der Waals surface area contributed by atoms with E-state index in [1.807, 2.05) is 6.07 Å². The van der Waals surface area contributed by atoms with Crippen molar-refractivity contribution in [3.05, 3.63) is 29.1 Å². The van der Waals surface area contributed by atoms with Gasteiger partial charge in [-0.05, 0) is 31.0 Å². The lowest BCUT2D eigenvalue weighted by Gasteiger charge is -2.18. The van der Waals surface area contributed by atoms with Crippen LogP contribution in [0.2, 0.25) is 0 Å². The molecule has 1 aliphatic rings. The van der Waals surface area contributed by atoms with Crippen LogP contribution in [0.25, 0.3) is 11.0 Å². The van der Waals surface area contributed by atoms with Crippen LogP contribution in [0.1, 0.15) is 23.4 Å². The maximum absolute atomic E-state index is 12.1. The number of amides is 1. The number of nitrogens with one attached hydrogen (secondary N) is 3. The summed E-state index contributed by atoms with van der Waals surface area (Å²) in [5.41, 5.74) is 4.45. The number of benzene rings is 1. The highest BCUT2D eigenvalue weighted by atomic mass is 16.5.